The molecular weight excluding hydrogens is 360 g/mol. The second-order valence-electron chi connectivity index (χ2n) is 6.23. The Morgan fingerprint density at radius 3 is 2.50 bits per heavy atom. The lowest BCUT2D eigenvalue weighted by Crippen LogP contribution is -2.33. The number of anilines is 1. The monoisotopic (exact) mass is 373 g/mol. The van der Waals surface area contributed by atoms with E-state index in [2.05, 4.69) is 10.4 Å². The van der Waals surface area contributed by atoms with Crippen LogP contribution in [0.5, 0.6) is 0 Å². The van der Waals surface area contributed by atoms with Crippen molar-refractivity contribution in [3.05, 3.63) is 77.4 Å². The molecule has 1 saturated carbocycles. The van der Waals surface area contributed by atoms with E-state index in [0.717, 1.165) is 0 Å². The van der Waals surface area contributed by atoms with Crippen molar-refractivity contribution in [3.8, 4) is 5.69 Å². The van der Waals surface area contributed by atoms with Gasteiger partial charge in [-0.25, -0.2) is 13.5 Å². The number of alkyl halides is 2. The van der Waals surface area contributed by atoms with Crippen molar-refractivity contribution in [2.45, 2.75) is 17.8 Å². The van der Waals surface area contributed by atoms with Crippen molar-refractivity contribution >= 4 is 23.3 Å². The van der Waals surface area contributed by atoms with Crippen molar-refractivity contribution in [1.29, 1.82) is 0 Å². The zero-order valence-corrected chi connectivity index (χ0v) is 14.3. The number of hydrogen-bond donors (Lipinski definition) is 1. The van der Waals surface area contributed by atoms with E-state index in [1.807, 2.05) is 0 Å². The van der Waals surface area contributed by atoms with Crippen molar-refractivity contribution in [3.63, 3.8) is 0 Å². The smallest absolute Gasteiger partial charge is 0.268 e. The number of carbonyl (C=O) groups excluding carboxylic acids is 1. The molecule has 7 heteroatoms. The molecule has 4 rings (SSSR count). The van der Waals surface area contributed by atoms with Crippen LogP contribution in [0.3, 0.4) is 0 Å². The molecule has 0 aliphatic heterocycles. The first-order chi connectivity index (χ1) is 12.4. The normalized spacial score (nSPS) is 20.6. The predicted octanol–water partition coefficient (Wildman–Crippen LogP) is 4.44. The number of benzene rings is 2. The van der Waals surface area contributed by atoms with Gasteiger partial charge in [0.2, 0.25) is 5.91 Å². The van der Waals surface area contributed by atoms with Gasteiger partial charge in [0.15, 0.2) is 5.82 Å². The van der Waals surface area contributed by atoms with E-state index in [0.29, 0.717) is 16.3 Å². The summed E-state index contributed by atoms with van der Waals surface area (Å²) in [6.07, 6.45) is 1.12. The minimum absolute atomic E-state index is 0.202. The topological polar surface area (TPSA) is 46.9 Å². The van der Waals surface area contributed by atoms with Crippen molar-refractivity contribution in [2.75, 3.05) is 5.32 Å². The maximum absolute atomic E-state index is 14.1. The van der Waals surface area contributed by atoms with Crippen LogP contribution in [0.1, 0.15) is 12.0 Å². The summed E-state index contributed by atoms with van der Waals surface area (Å²) < 4.78 is 29.7. The number of halogens is 3. The Balaban J connectivity index is 1.59. The lowest BCUT2D eigenvalue weighted by Gasteiger charge is -2.15. The zero-order chi connectivity index (χ0) is 18.4. The van der Waals surface area contributed by atoms with Gasteiger partial charge in [0.1, 0.15) is 5.41 Å². The van der Waals surface area contributed by atoms with Crippen LogP contribution in [-0.2, 0) is 10.2 Å². The molecule has 0 radical (unpaired) electrons. The highest BCUT2D eigenvalue weighted by Gasteiger charge is 2.76. The quantitative estimate of drug-likeness (QED) is 0.734. The van der Waals surface area contributed by atoms with Crippen LogP contribution in [0.25, 0.3) is 5.69 Å². The SMILES string of the molecule is O=C(Nc1ccn(-c2cccc(Cl)c2)n1)[C@@]1(c2ccccc2)CC1(F)F. The third kappa shape index (κ3) is 2.66. The number of amides is 1. The zero-order valence-electron chi connectivity index (χ0n) is 13.5. The minimum atomic E-state index is -3.08. The van der Waals surface area contributed by atoms with Gasteiger partial charge in [0.05, 0.1) is 5.69 Å². The summed E-state index contributed by atoms with van der Waals surface area (Å²) in [7, 11) is 0. The van der Waals surface area contributed by atoms with Gasteiger partial charge >= 0.3 is 0 Å². The Hall–Kier alpha value is -2.73. The number of carbonyl (C=O) groups is 1. The minimum Gasteiger partial charge on any atom is -0.308 e. The summed E-state index contributed by atoms with van der Waals surface area (Å²) >= 11 is 5.96. The van der Waals surface area contributed by atoms with E-state index in [1.54, 1.807) is 66.9 Å². The molecule has 132 valence electrons. The number of aromatic nitrogens is 2. The molecule has 0 unspecified atom stereocenters. The van der Waals surface area contributed by atoms with E-state index in [1.165, 1.54) is 4.68 Å². The molecule has 1 N–H and O–H groups in total. The Labute approximate surface area is 153 Å². The van der Waals surface area contributed by atoms with Gasteiger partial charge in [-0.2, -0.15) is 5.10 Å². The molecule has 1 aromatic heterocycles. The molecule has 3 aromatic rings. The fourth-order valence-corrected chi connectivity index (χ4v) is 3.26. The lowest BCUT2D eigenvalue weighted by molar-refractivity contribution is -0.121. The van der Waals surface area contributed by atoms with Crippen LogP contribution in [0.15, 0.2) is 66.9 Å². The molecule has 2 aromatic carbocycles. The van der Waals surface area contributed by atoms with Crippen LogP contribution in [0.4, 0.5) is 14.6 Å². The van der Waals surface area contributed by atoms with E-state index in [4.69, 9.17) is 11.6 Å². The summed E-state index contributed by atoms with van der Waals surface area (Å²) in [4.78, 5) is 12.7. The molecule has 1 atom stereocenters. The molecule has 4 nitrogen and oxygen atoms in total. The first kappa shape index (κ1) is 16.7. The van der Waals surface area contributed by atoms with E-state index in [9.17, 15) is 13.6 Å². The number of hydrogen-bond acceptors (Lipinski definition) is 2. The Bertz CT molecular complexity index is 974. The van der Waals surface area contributed by atoms with Crippen molar-refractivity contribution in [1.82, 2.24) is 9.78 Å². The first-order valence-electron chi connectivity index (χ1n) is 7.99. The molecule has 1 aliphatic carbocycles. The molecular formula is C19H14ClF2N3O. The van der Waals surface area contributed by atoms with Crippen LogP contribution >= 0.6 is 11.6 Å². The molecule has 0 spiro atoms. The standard InChI is InChI=1S/C19H14ClF2N3O/c20-14-7-4-8-15(11-14)25-10-9-16(24-25)23-17(26)18(12-19(18,21)22)13-5-2-1-3-6-13/h1-11H,12H2,(H,23,24,26)/t18-/m0/s1. The molecule has 0 bridgehead atoms. The second kappa shape index (κ2) is 5.92. The fraction of sp³-hybridized carbons (Fsp3) is 0.158. The number of nitrogens with one attached hydrogen (secondary N) is 1. The van der Waals surface area contributed by atoms with Gasteiger partial charge in [-0.05, 0) is 23.8 Å². The van der Waals surface area contributed by atoms with Gasteiger partial charge in [0, 0.05) is 23.7 Å². The van der Waals surface area contributed by atoms with Crippen LogP contribution in [0, 0.1) is 0 Å². The highest BCUT2D eigenvalue weighted by atomic mass is 35.5. The average Bonchev–Trinajstić information content (AvgIpc) is 2.98. The van der Waals surface area contributed by atoms with Crippen LogP contribution in [-0.4, -0.2) is 21.6 Å². The molecule has 0 saturated heterocycles. The molecule has 1 heterocycles. The lowest BCUT2D eigenvalue weighted by atomic mass is 9.94. The summed E-state index contributed by atoms with van der Waals surface area (Å²) in [5, 5.41) is 7.29. The second-order valence-corrected chi connectivity index (χ2v) is 6.67. The third-order valence-corrected chi connectivity index (χ3v) is 4.78. The van der Waals surface area contributed by atoms with Gasteiger partial charge in [-0.1, -0.05) is 48.0 Å². The van der Waals surface area contributed by atoms with E-state index in [-0.39, 0.29) is 5.82 Å². The fourth-order valence-electron chi connectivity index (χ4n) is 3.08. The summed E-state index contributed by atoms with van der Waals surface area (Å²) in [5.41, 5.74) is -0.835. The first-order valence-corrected chi connectivity index (χ1v) is 8.37. The third-order valence-electron chi connectivity index (χ3n) is 4.54. The Kier molecular flexibility index (Phi) is 3.80. The predicted molar refractivity (Wildman–Crippen MR) is 94.9 cm³/mol. The molecule has 26 heavy (non-hydrogen) atoms. The number of rotatable bonds is 4. The number of nitrogens with zero attached hydrogens (tertiary/aromatic N) is 2. The maximum atomic E-state index is 14.1. The summed E-state index contributed by atoms with van der Waals surface area (Å²) in [5.74, 6) is -3.63. The van der Waals surface area contributed by atoms with E-state index >= 15 is 0 Å². The van der Waals surface area contributed by atoms with Gasteiger partial charge in [0.25, 0.3) is 5.92 Å². The Morgan fingerprint density at radius 1 is 1.12 bits per heavy atom. The average molecular weight is 374 g/mol. The highest BCUT2D eigenvalue weighted by Crippen LogP contribution is 2.62. The summed E-state index contributed by atoms with van der Waals surface area (Å²) in [6.45, 7) is 0. The molecule has 1 amide bonds. The highest BCUT2D eigenvalue weighted by molar-refractivity contribution is 6.30. The van der Waals surface area contributed by atoms with Gasteiger partial charge < -0.3 is 5.32 Å². The maximum Gasteiger partial charge on any atom is 0.268 e. The van der Waals surface area contributed by atoms with Crippen LogP contribution < -0.4 is 5.32 Å². The Morgan fingerprint density at radius 2 is 1.85 bits per heavy atom. The van der Waals surface area contributed by atoms with Crippen LogP contribution in [0.2, 0.25) is 5.02 Å². The van der Waals surface area contributed by atoms with Gasteiger partial charge in [-0.3, -0.25) is 4.79 Å². The van der Waals surface area contributed by atoms with Crippen molar-refractivity contribution < 1.29 is 13.6 Å². The summed E-state index contributed by atoms with van der Waals surface area (Å²) in [6, 6.07) is 16.7. The van der Waals surface area contributed by atoms with Gasteiger partial charge in [-0.15, -0.1) is 0 Å². The molecule has 1 fully saturated rings. The van der Waals surface area contributed by atoms with Crippen molar-refractivity contribution in [2.24, 2.45) is 0 Å². The van der Waals surface area contributed by atoms with E-state index < -0.39 is 23.7 Å². The largest absolute Gasteiger partial charge is 0.308 e. The molecule has 1 aliphatic rings.